The zero-order valence-corrected chi connectivity index (χ0v) is 86.0. The summed E-state index contributed by atoms with van der Waals surface area (Å²) in [5, 5.41) is 2.11. The maximum absolute atomic E-state index is 14.1. The first-order valence-electron chi connectivity index (χ1n) is 47.4. The predicted octanol–water partition coefficient (Wildman–Crippen LogP) is 37.2. The van der Waals surface area contributed by atoms with Gasteiger partial charge >= 0.3 is 0 Å². The molecule has 0 N–H and O–H groups in total. The van der Waals surface area contributed by atoms with E-state index in [4.69, 9.17) is 34.4 Å². The van der Waals surface area contributed by atoms with E-state index in [-0.39, 0.29) is 22.6 Å². The normalized spacial score (nSPS) is 14.3. The van der Waals surface area contributed by atoms with Crippen LogP contribution in [-0.4, -0.2) is 53.3 Å². The summed E-state index contributed by atoms with van der Waals surface area (Å²) in [6, 6.07) is 38.4. The third-order valence-corrected chi connectivity index (χ3v) is 37.3. The highest BCUT2D eigenvalue weighted by molar-refractivity contribution is 8.27. The van der Waals surface area contributed by atoms with Crippen molar-refractivity contribution in [3.63, 3.8) is 0 Å². The van der Waals surface area contributed by atoms with E-state index in [0.717, 1.165) is 118 Å². The van der Waals surface area contributed by atoms with Gasteiger partial charge in [0.1, 0.15) is 18.7 Å². The van der Waals surface area contributed by atoms with Crippen molar-refractivity contribution in [2.45, 2.75) is 338 Å². The van der Waals surface area contributed by atoms with Crippen molar-refractivity contribution in [3.05, 3.63) is 150 Å². The van der Waals surface area contributed by atoms with Crippen LogP contribution in [0.15, 0.2) is 107 Å². The lowest BCUT2D eigenvalue weighted by Gasteiger charge is -2.20. The maximum atomic E-state index is 14.1. The molecule has 0 atom stereocenters. The van der Waals surface area contributed by atoms with Crippen LogP contribution in [0.2, 0.25) is 0 Å². The minimum absolute atomic E-state index is 0.0273. The monoisotopic (exact) mass is 1880 g/mol. The van der Waals surface area contributed by atoms with Gasteiger partial charge in [0, 0.05) is 73.0 Å². The lowest BCUT2D eigenvalue weighted by molar-refractivity contribution is -0.123. The fourth-order valence-corrected chi connectivity index (χ4v) is 29.6. The number of rotatable bonds is 50. The summed E-state index contributed by atoms with van der Waals surface area (Å²) < 4.78 is 3.73. The second-order valence-corrected chi connectivity index (χ2v) is 48.4. The first kappa shape index (κ1) is 96.5. The highest BCUT2D eigenvalue weighted by Gasteiger charge is 2.35. The molecule has 0 saturated carbocycles. The number of thioether (sulfide) groups is 2. The van der Waals surface area contributed by atoms with Crippen LogP contribution >= 0.6 is 139 Å². The van der Waals surface area contributed by atoms with E-state index in [1.165, 1.54) is 304 Å². The van der Waals surface area contributed by atoms with Crippen LogP contribution in [0.5, 0.6) is 0 Å². The van der Waals surface area contributed by atoms with Gasteiger partial charge in [-0.15, -0.1) is 90.7 Å². The third-order valence-electron chi connectivity index (χ3n) is 24.5. The number of carbonyl (C=O) groups is 2. The van der Waals surface area contributed by atoms with Crippen LogP contribution in [0.3, 0.4) is 0 Å². The van der Waals surface area contributed by atoms with Gasteiger partial charge in [-0.05, 0) is 180 Å². The van der Waals surface area contributed by atoms with Crippen molar-refractivity contribution in [2.24, 2.45) is 0 Å². The Kier molecular flexibility index (Phi) is 36.7. The lowest BCUT2D eigenvalue weighted by Crippen LogP contribution is -2.28. The number of aromatic nitrogens is 2. The number of benzene rings is 3. The number of fused-ring (bicyclic) bond motifs is 2. The van der Waals surface area contributed by atoms with Gasteiger partial charge in [0.2, 0.25) is 0 Å². The molecule has 2 amide bonds. The first-order chi connectivity index (χ1) is 60.2. The molecule has 10 heterocycles. The molecule has 0 spiro atoms. The van der Waals surface area contributed by atoms with Crippen molar-refractivity contribution in [1.29, 1.82) is 0 Å². The number of thiophene rings is 6. The number of thiocarbonyl (C=S) groups is 2. The van der Waals surface area contributed by atoms with Crippen LogP contribution in [0.1, 0.15) is 345 Å². The lowest BCUT2D eigenvalue weighted by atomic mass is 9.85. The number of carbonyl (C=O) groups excluding carboxylic acids is 2. The number of unbranched alkanes of at least 4 members (excludes halogenated alkanes) is 28. The third kappa shape index (κ3) is 25.0. The number of nitrogens with zero attached hydrogens (tertiary/aromatic N) is 4. The number of thiazole rings is 2. The number of amides is 2. The van der Waals surface area contributed by atoms with Gasteiger partial charge in [-0.25, -0.2) is 9.97 Å². The SMILES string of the molecule is CCCCCCCCc1cc(/C=C2\SC(=S)N(CCCCCCC)C2=O)sc1-c1ccc(-c2sc(-c3nc4c(-c5ccc(C(C)(C)C)cc5)c5sc(-c6cc(CCCCCCCC)c(-c7ccc(-c8sc(/C=C9\SC(=S)N(CCCCCCC)C9=O)cc8CCCCCCCC)s7)s6)nc5c(-c5ccc(C(C)(C)C)cc5)c4s3)cc2CCCCCCCC)s1. The Bertz CT molecular complexity index is 5020. The average Bonchev–Trinajstić information content (AvgIpc) is 1.56. The standard InChI is InChI=1S/C106H134N4O2S12/c1-13-19-25-31-35-41-47-73-65-79(69-87-101(111)109(103(113)121-87)63-45-39-29-23-17-5)115-93(73)81-59-61-83(117-81)95-75(49-43-37-33-27-21-15-3)67-85(119-95)99-107-91-89(71-51-55-77(56-52-71)105(7,8)9)98-92(90(97(91)123-99)72-53-57-78(58-54-72)106(10,11)12)108-100(124-98)86-68-76(50-44-38-34-28-22-16-4)96(120-86)84-62-60-82(118-84)94-74(48-42-36-32-26-20-14-2)66-80(116-94)70-88-102(112)110(104(114)122-88)64-46-40-30-24-18-6/h51-62,65-70H,13-50,63-64H2,1-12H3/b87-69-,88-70-. The van der Waals surface area contributed by atoms with E-state index in [1.807, 2.05) is 100 Å². The number of hydrogen-bond donors (Lipinski definition) is 0. The highest BCUT2D eigenvalue weighted by Crippen LogP contribution is 2.55. The van der Waals surface area contributed by atoms with Gasteiger partial charge in [0.15, 0.2) is 0 Å². The quantitative estimate of drug-likeness (QED) is 0.0212. The molecule has 0 unspecified atom stereocenters. The summed E-state index contributed by atoms with van der Waals surface area (Å²) in [5.74, 6) is 0.123. The molecule has 2 aliphatic rings. The Morgan fingerprint density at radius 3 is 0.911 bits per heavy atom. The summed E-state index contributed by atoms with van der Waals surface area (Å²) in [6.07, 6.45) is 49.7. The van der Waals surface area contributed by atoms with Crippen LogP contribution in [0, 0.1) is 0 Å². The Morgan fingerprint density at radius 2 is 0.605 bits per heavy atom. The zero-order valence-electron chi connectivity index (χ0n) is 76.2. The van der Waals surface area contributed by atoms with E-state index in [2.05, 4.69) is 192 Å². The van der Waals surface area contributed by atoms with Gasteiger partial charge in [0.05, 0.1) is 40.0 Å². The molecule has 3 aromatic carbocycles. The molecule has 13 rings (SSSR count). The van der Waals surface area contributed by atoms with E-state index in [0.29, 0.717) is 21.7 Å². The molecule has 2 fully saturated rings. The summed E-state index contributed by atoms with van der Waals surface area (Å²) in [4.78, 5) is 60.9. The van der Waals surface area contributed by atoms with Crippen LogP contribution in [0.25, 0.3) is 114 Å². The highest BCUT2D eigenvalue weighted by atomic mass is 32.2. The van der Waals surface area contributed by atoms with Gasteiger partial charge in [-0.1, -0.05) is 359 Å². The fraction of sp³-hybridized carbons (Fsp3) is 0.509. The van der Waals surface area contributed by atoms with E-state index >= 15 is 0 Å². The Labute approximate surface area is 795 Å². The Balaban J connectivity index is 0.913. The van der Waals surface area contributed by atoms with Crippen molar-refractivity contribution in [1.82, 2.24) is 19.8 Å². The van der Waals surface area contributed by atoms with E-state index < -0.39 is 0 Å². The van der Waals surface area contributed by atoms with Gasteiger partial charge in [-0.2, -0.15) is 0 Å². The molecular formula is C106H134N4O2S12. The Morgan fingerprint density at radius 1 is 0.323 bits per heavy atom. The minimum atomic E-state index is -0.0273. The summed E-state index contributed by atoms with van der Waals surface area (Å²) in [6.45, 7) is 29.0. The molecule has 8 aromatic heterocycles. The molecule has 662 valence electrons. The van der Waals surface area contributed by atoms with E-state index in [9.17, 15) is 9.59 Å². The largest absolute Gasteiger partial charge is 0.293 e. The smallest absolute Gasteiger partial charge is 0.266 e. The molecule has 2 aliphatic heterocycles. The fourth-order valence-electron chi connectivity index (χ4n) is 17.2. The molecule has 124 heavy (non-hydrogen) atoms. The molecule has 0 aliphatic carbocycles. The zero-order chi connectivity index (χ0) is 87.3. The van der Waals surface area contributed by atoms with Crippen molar-refractivity contribution >= 4 is 192 Å². The van der Waals surface area contributed by atoms with Crippen molar-refractivity contribution in [3.8, 4) is 81.0 Å². The molecule has 11 aromatic rings. The molecule has 2 saturated heterocycles. The molecule has 18 heteroatoms. The van der Waals surface area contributed by atoms with Gasteiger partial charge < -0.3 is 0 Å². The topological polar surface area (TPSA) is 66.4 Å². The predicted molar refractivity (Wildman–Crippen MR) is 567 cm³/mol. The molecular weight excluding hydrogens is 1750 g/mol. The number of hydrogen-bond acceptors (Lipinski definition) is 16. The molecule has 0 bridgehead atoms. The van der Waals surface area contributed by atoms with Gasteiger partial charge in [-0.3, -0.25) is 19.4 Å². The second-order valence-electron chi connectivity index (χ2n) is 36.6. The number of aryl methyl sites for hydroxylation is 4. The van der Waals surface area contributed by atoms with Crippen LogP contribution < -0.4 is 0 Å². The van der Waals surface area contributed by atoms with Gasteiger partial charge in [0.25, 0.3) is 11.8 Å². The van der Waals surface area contributed by atoms with Crippen LogP contribution in [0.4, 0.5) is 0 Å². The van der Waals surface area contributed by atoms with Crippen molar-refractivity contribution < 1.29 is 9.59 Å². The van der Waals surface area contributed by atoms with E-state index in [1.54, 1.807) is 0 Å². The maximum Gasteiger partial charge on any atom is 0.266 e. The second kappa shape index (κ2) is 47.2. The summed E-state index contributed by atoms with van der Waals surface area (Å²) >= 11 is 29.9. The minimum Gasteiger partial charge on any atom is -0.293 e. The average molecular weight is 1880 g/mol. The van der Waals surface area contributed by atoms with Crippen LogP contribution in [-0.2, 0) is 46.1 Å². The summed E-state index contributed by atoms with van der Waals surface area (Å²) in [5.41, 5.74) is 14.9. The Hall–Kier alpha value is -5.06. The summed E-state index contributed by atoms with van der Waals surface area (Å²) in [7, 11) is 0. The van der Waals surface area contributed by atoms with Crippen molar-refractivity contribution in [2.75, 3.05) is 13.1 Å². The molecule has 6 nitrogen and oxygen atoms in total. The first-order valence-corrected chi connectivity index (χ1v) is 56.4. The molecule has 0 radical (unpaired) electrons.